The van der Waals surface area contributed by atoms with Gasteiger partial charge in [-0.1, -0.05) is 6.07 Å². The number of sulfonamides is 1. The van der Waals surface area contributed by atoms with Crippen LogP contribution < -0.4 is 19.7 Å². The molecule has 3 aromatic heterocycles. The van der Waals surface area contributed by atoms with E-state index in [9.17, 15) is 13.2 Å². The predicted octanol–water partition coefficient (Wildman–Crippen LogP) is 6.30. The van der Waals surface area contributed by atoms with E-state index in [0.717, 1.165) is 55.0 Å². The molecule has 0 saturated carbocycles. The molecule has 0 bridgehead atoms. The number of hydrogen-bond acceptors (Lipinski definition) is 8. The lowest BCUT2D eigenvalue weighted by molar-refractivity contribution is 0.188. The third kappa shape index (κ3) is 8.18. The highest BCUT2D eigenvalue weighted by Crippen LogP contribution is 2.31. The van der Waals surface area contributed by atoms with Crippen LogP contribution in [0.5, 0.6) is 11.6 Å². The highest BCUT2D eigenvalue weighted by Gasteiger charge is 2.25. The van der Waals surface area contributed by atoms with E-state index in [0.29, 0.717) is 17.3 Å². The van der Waals surface area contributed by atoms with Gasteiger partial charge in [-0.3, -0.25) is 14.5 Å². The molecule has 1 saturated heterocycles. The van der Waals surface area contributed by atoms with Crippen molar-refractivity contribution in [3.8, 4) is 11.6 Å². The second kappa shape index (κ2) is 13.5. The normalized spacial score (nSPS) is 14.2. The minimum atomic E-state index is -3.32. The van der Waals surface area contributed by atoms with Crippen molar-refractivity contribution in [3.05, 3.63) is 82.5 Å². The van der Waals surface area contributed by atoms with E-state index < -0.39 is 10.0 Å². The van der Waals surface area contributed by atoms with Crippen LogP contribution in [0.2, 0.25) is 0 Å². The first-order chi connectivity index (χ1) is 18.8. The van der Waals surface area contributed by atoms with Crippen LogP contribution in [0.4, 0.5) is 21.2 Å². The maximum absolute atomic E-state index is 13.2. The standard InChI is InChI=1S/C27H29N5O4S3.ClH/c1-39(34,35)30-22-5-7-24(8-6-22)36-25-9-4-20(17-28-25)18-31-13-10-21(11-14-31)29-27(33)32(23-12-16-37-19-23)26-3-2-15-38-26;/h2-9,12,15-17,19,21,30H,10-11,13-14,18H2,1H3,(H,29,33);1H. The first-order valence-electron chi connectivity index (χ1n) is 12.4. The number of piperidine rings is 1. The molecule has 1 fully saturated rings. The number of anilines is 3. The minimum absolute atomic E-state index is 0. The average molecular weight is 620 g/mol. The molecule has 4 aromatic rings. The zero-order valence-corrected chi connectivity index (χ0v) is 25.0. The van der Waals surface area contributed by atoms with E-state index in [1.54, 1.807) is 51.8 Å². The first kappa shape index (κ1) is 29.8. The Morgan fingerprint density at radius 1 is 1.10 bits per heavy atom. The average Bonchev–Trinajstić information content (AvgIpc) is 3.63. The van der Waals surface area contributed by atoms with Crippen LogP contribution >= 0.6 is 35.1 Å². The molecule has 0 aliphatic carbocycles. The number of likely N-dealkylation sites (tertiary alicyclic amines) is 1. The first-order valence-corrected chi connectivity index (χ1v) is 16.1. The Hall–Kier alpha value is -3.16. The molecule has 13 heteroatoms. The number of nitrogens with one attached hydrogen (secondary N) is 2. The second-order valence-corrected chi connectivity index (χ2v) is 12.7. The van der Waals surface area contributed by atoms with Gasteiger partial charge in [0.1, 0.15) is 10.8 Å². The van der Waals surface area contributed by atoms with Gasteiger partial charge in [0.15, 0.2) is 0 Å². The summed E-state index contributed by atoms with van der Waals surface area (Å²) in [6, 6.07) is 16.4. The van der Waals surface area contributed by atoms with Crippen molar-refractivity contribution in [1.82, 2.24) is 15.2 Å². The van der Waals surface area contributed by atoms with Gasteiger partial charge >= 0.3 is 6.03 Å². The Labute approximate surface area is 248 Å². The molecule has 40 heavy (non-hydrogen) atoms. The predicted molar refractivity (Wildman–Crippen MR) is 164 cm³/mol. The maximum Gasteiger partial charge on any atom is 0.327 e. The van der Waals surface area contributed by atoms with E-state index in [4.69, 9.17) is 4.74 Å². The van der Waals surface area contributed by atoms with Crippen LogP contribution in [0.1, 0.15) is 18.4 Å². The fourth-order valence-corrected chi connectivity index (χ4v) is 6.28. The number of ether oxygens (including phenoxy) is 1. The number of carbonyl (C=O) groups excluding carboxylic acids is 1. The van der Waals surface area contributed by atoms with Crippen LogP contribution in [0, 0.1) is 0 Å². The van der Waals surface area contributed by atoms with Crippen molar-refractivity contribution >= 4 is 67.5 Å². The SMILES string of the molecule is CS(=O)(=O)Nc1ccc(Oc2ccc(CN3CCC(NC(=O)N(c4ccsc4)c4cccs4)CC3)cn2)cc1.Cl. The van der Waals surface area contributed by atoms with Crippen LogP contribution in [-0.4, -0.2) is 49.7 Å². The fourth-order valence-electron chi connectivity index (χ4n) is 4.35. The number of aromatic nitrogens is 1. The summed E-state index contributed by atoms with van der Waals surface area (Å²) in [6.07, 6.45) is 4.68. The lowest BCUT2D eigenvalue weighted by atomic mass is 10.0. The van der Waals surface area contributed by atoms with Crippen LogP contribution in [0.15, 0.2) is 76.9 Å². The fraction of sp³-hybridized carbons (Fsp3) is 0.259. The van der Waals surface area contributed by atoms with Gasteiger partial charge in [0, 0.05) is 49.0 Å². The number of carbonyl (C=O) groups is 1. The molecule has 212 valence electrons. The van der Waals surface area contributed by atoms with E-state index in [2.05, 4.69) is 19.9 Å². The molecule has 0 radical (unpaired) electrons. The molecule has 2 N–H and O–H groups in total. The summed E-state index contributed by atoms with van der Waals surface area (Å²) in [5.41, 5.74) is 2.44. The van der Waals surface area contributed by atoms with Gasteiger partial charge in [-0.05, 0) is 71.6 Å². The van der Waals surface area contributed by atoms with Crippen molar-refractivity contribution in [3.63, 3.8) is 0 Å². The van der Waals surface area contributed by atoms with Crippen molar-refractivity contribution in [1.29, 1.82) is 0 Å². The second-order valence-electron chi connectivity index (χ2n) is 9.27. The number of benzene rings is 1. The lowest BCUT2D eigenvalue weighted by Crippen LogP contribution is -2.47. The van der Waals surface area contributed by atoms with Gasteiger partial charge < -0.3 is 10.1 Å². The number of nitrogens with zero attached hydrogens (tertiary/aromatic N) is 3. The Kier molecular flexibility index (Phi) is 10.0. The van der Waals surface area contributed by atoms with E-state index in [-0.39, 0.29) is 24.5 Å². The maximum atomic E-state index is 13.2. The molecule has 1 aliphatic heterocycles. The lowest BCUT2D eigenvalue weighted by Gasteiger charge is -2.33. The molecule has 2 amide bonds. The van der Waals surface area contributed by atoms with E-state index in [1.165, 1.54) is 0 Å². The number of hydrogen-bond donors (Lipinski definition) is 2. The molecule has 1 aliphatic rings. The molecule has 5 rings (SSSR count). The van der Waals surface area contributed by atoms with E-state index >= 15 is 0 Å². The Balaban J connectivity index is 0.00000370. The Morgan fingerprint density at radius 3 is 2.48 bits per heavy atom. The molecule has 0 atom stereocenters. The summed E-state index contributed by atoms with van der Waals surface area (Å²) in [5, 5.41) is 10.1. The molecule has 4 heterocycles. The summed E-state index contributed by atoms with van der Waals surface area (Å²) in [7, 11) is -3.32. The van der Waals surface area contributed by atoms with Crippen molar-refractivity contribution < 1.29 is 17.9 Å². The number of urea groups is 1. The number of halogens is 1. The van der Waals surface area contributed by atoms with Gasteiger partial charge in [-0.15, -0.1) is 23.7 Å². The molecule has 0 spiro atoms. The largest absolute Gasteiger partial charge is 0.439 e. The molecular formula is C27H30ClN5O4S3. The van der Waals surface area contributed by atoms with Gasteiger partial charge in [0.25, 0.3) is 0 Å². The highest BCUT2D eigenvalue weighted by atomic mass is 35.5. The monoisotopic (exact) mass is 619 g/mol. The van der Waals surface area contributed by atoms with Crippen LogP contribution in [-0.2, 0) is 16.6 Å². The zero-order chi connectivity index (χ0) is 27.2. The number of thiophene rings is 2. The van der Waals surface area contributed by atoms with Crippen molar-refractivity contribution in [2.75, 3.05) is 29.0 Å². The Morgan fingerprint density at radius 2 is 1.88 bits per heavy atom. The number of amides is 2. The van der Waals surface area contributed by atoms with Crippen LogP contribution in [0.25, 0.3) is 0 Å². The highest BCUT2D eigenvalue weighted by molar-refractivity contribution is 7.92. The quantitative estimate of drug-likeness (QED) is 0.228. The molecule has 1 aromatic carbocycles. The van der Waals surface area contributed by atoms with E-state index in [1.807, 2.05) is 52.7 Å². The Bertz CT molecular complexity index is 1420. The molecule has 9 nitrogen and oxygen atoms in total. The summed E-state index contributed by atoms with van der Waals surface area (Å²) >= 11 is 3.12. The van der Waals surface area contributed by atoms with Crippen molar-refractivity contribution in [2.45, 2.75) is 25.4 Å². The summed E-state index contributed by atoms with van der Waals surface area (Å²) in [4.78, 5) is 21.7. The third-order valence-corrected chi connectivity index (χ3v) is 8.32. The van der Waals surface area contributed by atoms with Gasteiger partial charge in [-0.25, -0.2) is 18.2 Å². The topological polar surface area (TPSA) is 104 Å². The minimum Gasteiger partial charge on any atom is -0.439 e. The van der Waals surface area contributed by atoms with Crippen LogP contribution in [0.3, 0.4) is 0 Å². The van der Waals surface area contributed by atoms with Crippen molar-refractivity contribution in [2.24, 2.45) is 0 Å². The number of rotatable bonds is 9. The van der Waals surface area contributed by atoms with Gasteiger partial charge in [0.2, 0.25) is 15.9 Å². The summed E-state index contributed by atoms with van der Waals surface area (Å²) < 4.78 is 30.9. The summed E-state index contributed by atoms with van der Waals surface area (Å²) in [6.45, 7) is 2.54. The molecule has 0 unspecified atom stereocenters. The number of pyridine rings is 1. The van der Waals surface area contributed by atoms with Gasteiger partial charge in [0.05, 0.1) is 11.9 Å². The zero-order valence-electron chi connectivity index (χ0n) is 21.7. The summed E-state index contributed by atoms with van der Waals surface area (Å²) in [5.74, 6) is 1.03. The smallest absolute Gasteiger partial charge is 0.327 e. The van der Waals surface area contributed by atoms with Gasteiger partial charge in [-0.2, -0.15) is 11.3 Å². The third-order valence-electron chi connectivity index (χ3n) is 6.19. The molecular weight excluding hydrogens is 590 g/mol.